The molecular weight excluding hydrogens is 459 g/mol. The number of aryl methyl sites for hydroxylation is 2. The smallest absolute Gasteiger partial charge is 0.356 e. The minimum absolute atomic E-state index is 0.0735. The lowest BCUT2D eigenvalue weighted by Gasteiger charge is -2.22. The van der Waals surface area contributed by atoms with Crippen molar-refractivity contribution < 1.29 is 18.7 Å². The number of carboxylic acids is 1. The number of rotatable bonds is 4. The number of hydrogen-bond acceptors (Lipinski definition) is 5. The number of nitrogens with one attached hydrogen (secondary N) is 1. The molecule has 0 saturated carbocycles. The lowest BCUT2D eigenvalue weighted by molar-refractivity contribution is 0.0691. The number of carbonyl (C=O) groups is 1. The highest BCUT2D eigenvalue weighted by molar-refractivity contribution is 6.29. The standard InChI is InChI=1S/C26H20ClFN2O4/c1-12-9-18(13(2)29-20-7-8-21(27)30-22(20)26(32)33)25-19(10-12)23(31)17-5-3-14-11-15(28)4-6-16(14)24(17)34-25/h4,6-11,13,29H,3,5H2,1-2H3,(H,32,33)/t13-/m0/s1. The van der Waals surface area contributed by atoms with Crippen LogP contribution < -0.4 is 10.7 Å². The van der Waals surface area contributed by atoms with E-state index in [1.807, 2.05) is 19.9 Å². The van der Waals surface area contributed by atoms with Gasteiger partial charge in [-0.1, -0.05) is 17.7 Å². The fraction of sp³-hybridized carbons (Fsp3) is 0.192. The number of fused-ring (bicyclic) bond motifs is 4. The first-order valence-electron chi connectivity index (χ1n) is 10.8. The highest BCUT2D eigenvalue weighted by Crippen LogP contribution is 2.37. The number of halogens is 2. The highest BCUT2D eigenvalue weighted by Gasteiger charge is 2.26. The van der Waals surface area contributed by atoms with Crippen LogP contribution in [0.5, 0.6) is 0 Å². The summed E-state index contributed by atoms with van der Waals surface area (Å²) in [6.45, 7) is 3.73. The van der Waals surface area contributed by atoms with Gasteiger partial charge < -0.3 is 14.8 Å². The van der Waals surface area contributed by atoms with Crippen molar-refractivity contribution in [3.05, 3.63) is 91.6 Å². The number of carboxylic acid groups (broad SMARTS) is 1. The Morgan fingerprint density at radius 3 is 2.76 bits per heavy atom. The SMILES string of the molecule is Cc1cc([C@H](C)Nc2ccc(Cl)nc2C(=O)O)c2oc3c(c(=O)c2c1)CCc1cc(F)ccc1-3. The summed E-state index contributed by atoms with van der Waals surface area (Å²) in [4.78, 5) is 29.0. The van der Waals surface area contributed by atoms with Crippen LogP contribution in [-0.4, -0.2) is 16.1 Å². The van der Waals surface area contributed by atoms with Crippen molar-refractivity contribution in [2.24, 2.45) is 0 Å². The molecule has 0 saturated heterocycles. The summed E-state index contributed by atoms with van der Waals surface area (Å²) in [6, 6.07) is 10.8. The third-order valence-corrected chi connectivity index (χ3v) is 6.33. The van der Waals surface area contributed by atoms with E-state index in [9.17, 15) is 19.1 Å². The summed E-state index contributed by atoms with van der Waals surface area (Å²) in [5.41, 5.74) is 4.04. The zero-order valence-electron chi connectivity index (χ0n) is 18.4. The third-order valence-electron chi connectivity index (χ3n) is 6.12. The average molecular weight is 479 g/mol. The average Bonchev–Trinajstić information content (AvgIpc) is 2.79. The molecule has 0 fully saturated rings. The van der Waals surface area contributed by atoms with Crippen LogP contribution in [0.4, 0.5) is 10.1 Å². The van der Waals surface area contributed by atoms with Gasteiger partial charge in [0.15, 0.2) is 11.1 Å². The van der Waals surface area contributed by atoms with Crippen molar-refractivity contribution in [2.75, 3.05) is 5.32 Å². The lowest BCUT2D eigenvalue weighted by Crippen LogP contribution is -2.18. The topological polar surface area (TPSA) is 92.4 Å². The van der Waals surface area contributed by atoms with E-state index in [0.29, 0.717) is 51.9 Å². The van der Waals surface area contributed by atoms with Crippen molar-refractivity contribution in [2.45, 2.75) is 32.7 Å². The molecular formula is C26H20ClFN2O4. The molecule has 0 aliphatic heterocycles. The predicted molar refractivity (Wildman–Crippen MR) is 128 cm³/mol. The van der Waals surface area contributed by atoms with Gasteiger partial charge >= 0.3 is 5.97 Å². The third kappa shape index (κ3) is 3.72. The van der Waals surface area contributed by atoms with Gasteiger partial charge in [-0.15, -0.1) is 0 Å². The van der Waals surface area contributed by atoms with Crippen LogP contribution in [0.3, 0.4) is 0 Å². The van der Waals surface area contributed by atoms with Gasteiger partial charge in [0.25, 0.3) is 0 Å². The van der Waals surface area contributed by atoms with Crippen molar-refractivity contribution in [1.82, 2.24) is 4.98 Å². The van der Waals surface area contributed by atoms with E-state index in [1.165, 1.54) is 18.2 Å². The molecule has 0 bridgehead atoms. The quantitative estimate of drug-likeness (QED) is 0.353. The van der Waals surface area contributed by atoms with Crippen LogP contribution in [0, 0.1) is 12.7 Å². The van der Waals surface area contributed by atoms with Crippen LogP contribution in [0.15, 0.2) is 51.7 Å². The van der Waals surface area contributed by atoms with E-state index < -0.39 is 12.0 Å². The van der Waals surface area contributed by atoms with Crippen LogP contribution in [-0.2, 0) is 12.8 Å². The van der Waals surface area contributed by atoms with Crippen molar-refractivity contribution in [1.29, 1.82) is 0 Å². The molecule has 2 aromatic heterocycles. The summed E-state index contributed by atoms with van der Waals surface area (Å²) in [6.07, 6.45) is 1.04. The van der Waals surface area contributed by atoms with E-state index >= 15 is 0 Å². The number of pyridine rings is 1. The van der Waals surface area contributed by atoms with Gasteiger partial charge in [0.1, 0.15) is 22.3 Å². The molecule has 0 spiro atoms. The Balaban J connectivity index is 1.68. The summed E-state index contributed by atoms with van der Waals surface area (Å²) < 4.78 is 20.1. The Morgan fingerprint density at radius 1 is 1.21 bits per heavy atom. The highest BCUT2D eigenvalue weighted by atomic mass is 35.5. The number of anilines is 1. The Kier molecular flexibility index (Phi) is 5.37. The van der Waals surface area contributed by atoms with Crippen molar-refractivity contribution in [3.8, 4) is 11.3 Å². The first-order valence-corrected chi connectivity index (χ1v) is 11.2. The van der Waals surface area contributed by atoms with Crippen LogP contribution in [0.2, 0.25) is 5.15 Å². The van der Waals surface area contributed by atoms with Crippen molar-refractivity contribution in [3.63, 3.8) is 0 Å². The van der Waals surface area contributed by atoms with Crippen LogP contribution in [0.25, 0.3) is 22.3 Å². The number of hydrogen-bond donors (Lipinski definition) is 2. The normalized spacial score (nSPS) is 13.3. The Bertz CT molecular complexity index is 1550. The summed E-state index contributed by atoms with van der Waals surface area (Å²) in [5, 5.41) is 13.2. The molecule has 1 aliphatic carbocycles. The summed E-state index contributed by atoms with van der Waals surface area (Å²) >= 11 is 5.87. The van der Waals surface area contributed by atoms with Crippen molar-refractivity contribution >= 4 is 34.2 Å². The van der Waals surface area contributed by atoms with Gasteiger partial charge in [-0.05, 0) is 74.2 Å². The van der Waals surface area contributed by atoms with Gasteiger partial charge in [-0.25, -0.2) is 14.2 Å². The van der Waals surface area contributed by atoms with E-state index in [4.69, 9.17) is 16.0 Å². The fourth-order valence-electron chi connectivity index (χ4n) is 4.56. The molecule has 1 aliphatic rings. The second kappa shape index (κ2) is 8.25. The minimum Gasteiger partial charge on any atom is -0.476 e. The van der Waals surface area contributed by atoms with E-state index in [2.05, 4.69) is 10.3 Å². The molecule has 8 heteroatoms. The molecule has 34 heavy (non-hydrogen) atoms. The Hall–Kier alpha value is -3.71. The maximum absolute atomic E-state index is 13.8. The molecule has 1 atom stereocenters. The first kappa shape index (κ1) is 22.1. The number of benzene rings is 2. The predicted octanol–water partition coefficient (Wildman–Crippen LogP) is 5.93. The van der Waals surface area contributed by atoms with Gasteiger partial charge in [0, 0.05) is 16.7 Å². The first-order chi connectivity index (χ1) is 16.2. The zero-order valence-corrected chi connectivity index (χ0v) is 19.2. The molecule has 6 nitrogen and oxygen atoms in total. The van der Waals surface area contributed by atoms with E-state index in [0.717, 1.165) is 11.1 Å². The zero-order chi connectivity index (χ0) is 24.1. The Morgan fingerprint density at radius 2 is 2.00 bits per heavy atom. The van der Waals surface area contributed by atoms with Gasteiger partial charge in [-0.3, -0.25) is 4.79 Å². The molecule has 5 rings (SSSR count). The van der Waals surface area contributed by atoms with Gasteiger partial charge in [0.05, 0.1) is 17.1 Å². The summed E-state index contributed by atoms with van der Waals surface area (Å²) in [7, 11) is 0. The van der Waals surface area contributed by atoms with Gasteiger partial charge in [-0.2, -0.15) is 0 Å². The fourth-order valence-corrected chi connectivity index (χ4v) is 4.70. The molecule has 172 valence electrons. The minimum atomic E-state index is -1.21. The molecule has 0 radical (unpaired) electrons. The van der Waals surface area contributed by atoms with Crippen LogP contribution >= 0.6 is 11.6 Å². The molecule has 2 aromatic carbocycles. The summed E-state index contributed by atoms with van der Waals surface area (Å²) in [5.74, 6) is -1.09. The second-order valence-electron chi connectivity index (χ2n) is 8.47. The molecule has 2 N–H and O–H groups in total. The second-order valence-corrected chi connectivity index (χ2v) is 8.86. The molecule has 4 aromatic rings. The molecule has 0 unspecified atom stereocenters. The number of nitrogens with zero attached hydrogens (tertiary/aromatic N) is 1. The maximum atomic E-state index is 13.8. The number of aromatic carboxylic acids is 1. The van der Waals surface area contributed by atoms with Gasteiger partial charge in [0.2, 0.25) is 0 Å². The number of aromatic nitrogens is 1. The van der Waals surface area contributed by atoms with E-state index in [1.54, 1.807) is 18.2 Å². The van der Waals surface area contributed by atoms with Crippen LogP contribution in [0.1, 0.15) is 45.7 Å². The molecule has 2 heterocycles. The molecule has 0 amide bonds. The van der Waals surface area contributed by atoms with E-state index in [-0.39, 0.29) is 22.1 Å². The maximum Gasteiger partial charge on any atom is 0.356 e. The Labute approximate surface area is 199 Å². The largest absolute Gasteiger partial charge is 0.476 e. The lowest BCUT2D eigenvalue weighted by atomic mass is 9.88. The monoisotopic (exact) mass is 478 g/mol.